The van der Waals surface area contributed by atoms with Crippen molar-refractivity contribution < 1.29 is 14.4 Å². The highest BCUT2D eigenvalue weighted by molar-refractivity contribution is 8.18. The van der Waals surface area contributed by atoms with Gasteiger partial charge in [0.1, 0.15) is 0 Å². The minimum Gasteiger partial charge on any atom is -0.289 e. The molecule has 0 unspecified atom stereocenters. The maximum atomic E-state index is 12.5. The van der Waals surface area contributed by atoms with E-state index in [9.17, 15) is 14.4 Å². The molecule has 1 heterocycles. The molecule has 0 saturated carbocycles. The molecule has 28 heavy (non-hydrogen) atoms. The SMILES string of the molecule is CN(NC(=O)CCCN1C(=O)S/C(=C\c2ccccc2)C1=O)c1ccccc1. The molecular weight excluding hydrogens is 374 g/mol. The Labute approximate surface area is 168 Å². The van der Waals surface area contributed by atoms with Crippen molar-refractivity contribution in [3.8, 4) is 0 Å². The lowest BCUT2D eigenvalue weighted by molar-refractivity contribution is -0.124. The molecule has 2 aromatic rings. The minimum absolute atomic E-state index is 0.168. The second-order valence-electron chi connectivity index (χ2n) is 6.28. The Kier molecular flexibility index (Phi) is 6.49. The van der Waals surface area contributed by atoms with Crippen molar-refractivity contribution in [3.05, 3.63) is 71.1 Å². The maximum Gasteiger partial charge on any atom is 0.293 e. The van der Waals surface area contributed by atoms with Crippen molar-refractivity contribution in [1.29, 1.82) is 0 Å². The lowest BCUT2D eigenvalue weighted by atomic mass is 10.2. The quantitative estimate of drug-likeness (QED) is 0.572. The smallest absolute Gasteiger partial charge is 0.289 e. The molecule has 0 atom stereocenters. The van der Waals surface area contributed by atoms with Crippen LogP contribution in [0.1, 0.15) is 18.4 Å². The maximum absolute atomic E-state index is 12.5. The Morgan fingerprint density at radius 3 is 2.39 bits per heavy atom. The van der Waals surface area contributed by atoms with Crippen LogP contribution in [-0.2, 0) is 9.59 Å². The first-order valence-electron chi connectivity index (χ1n) is 8.93. The van der Waals surface area contributed by atoms with E-state index in [1.807, 2.05) is 60.7 Å². The van der Waals surface area contributed by atoms with Gasteiger partial charge in [-0.15, -0.1) is 0 Å². The number of hydrogen-bond acceptors (Lipinski definition) is 5. The molecule has 1 aliphatic rings. The summed E-state index contributed by atoms with van der Waals surface area (Å²) < 4.78 is 0. The molecule has 1 N–H and O–H groups in total. The number of carbonyl (C=O) groups is 3. The Morgan fingerprint density at radius 1 is 1.07 bits per heavy atom. The van der Waals surface area contributed by atoms with Crippen LogP contribution in [0.3, 0.4) is 0 Å². The van der Waals surface area contributed by atoms with E-state index in [0.29, 0.717) is 11.3 Å². The summed E-state index contributed by atoms with van der Waals surface area (Å²) in [6, 6.07) is 18.9. The zero-order chi connectivity index (χ0) is 19.9. The third-order valence-electron chi connectivity index (χ3n) is 4.19. The van der Waals surface area contributed by atoms with E-state index in [1.165, 1.54) is 4.90 Å². The summed E-state index contributed by atoms with van der Waals surface area (Å²) in [7, 11) is 1.76. The van der Waals surface area contributed by atoms with Gasteiger partial charge in [0, 0.05) is 20.0 Å². The molecule has 2 aromatic carbocycles. The van der Waals surface area contributed by atoms with Crippen molar-refractivity contribution in [3.63, 3.8) is 0 Å². The van der Waals surface area contributed by atoms with E-state index in [-0.39, 0.29) is 30.0 Å². The van der Waals surface area contributed by atoms with E-state index < -0.39 is 0 Å². The summed E-state index contributed by atoms with van der Waals surface area (Å²) in [6.07, 6.45) is 2.34. The predicted octanol–water partition coefficient (Wildman–Crippen LogP) is 3.67. The van der Waals surface area contributed by atoms with Crippen LogP contribution < -0.4 is 10.4 Å². The van der Waals surface area contributed by atoms with Crippen molar-refractivity contribution in [2.24, 2.45) is 0 Å². The van der Waals surface area contributed by atoms with Crippen LogP contribution in [0.5, 0.6) is 0 Å². The second-order valence-corrected chi connectivity index (χ2v) is 7.27. The Hall–Kier alpha value is -3.06. The van der Waals surface area contributed by atoms with Gasteiger partial charge in [-0.05, 0) is 42.0 Å². The molecule has 0 spiro atoms. The number of hydrazine groups is 1. The monoisotopic (exact) mass is 395 g/mol. The summed E-state index contributed by atoms with van der Waals surface area (Å²) in [5.74, 6) is -0.473. The van der Waals surface area contributed by atoms with Crippen molar-refractivity contribution >= 4 is 40.6 Å². The first-order valence-corrected chi connectivity index (χ1v) is 9.75. The number of anilines is 1. The molecule has 0 bridgehead atoms. The third-order valence-corrected chi connectivity index (χ3v) is 5.10. The number of hydrogen-bond donors (Lipinski definition) is 1. The minimum atomic E-state index is -0.305. The molecule has 6 nitrogen and oxygen atoms in total. The van der Waals surface area contributed by atoms with Gasteiger partial charge < -0.3 is 0 Å². The van der Waals surface area contributed by atoms with Gasteiger partial charge in [-0.25, -0.2) is 0 Å². The normalized spacial score (nSPS) is 15.2. The summed E-state index contributed by atoms with van der Waals surface area (Å²) in [5.41, 5.74) is 4.51. The van der Waals surface area contributed by atoms with Crippen LogP contribution in [-0.4, -0.2) is 35.5 Å². The Morgan fingerprint density at radius 2 is 1.71 bits per heavy atom. The van der Waals surface area contributed by atoms with E-state index in [4.69, 9.17) is 0 Å². The summed E-state index contributed by atoms with van der Waals surface area (Å²) in [6.45, 7) is 0.221. The van der Waals surface area contributed by atoms with Gasteiger partial charge in [0.15, 0.2) is 0 Å². The molecule has 3 amide bonds. The Balaban J connectivity index is 1.49. The molecule has 7 heteroatoms. The lowest BCUT2D eigenvalue weighted by Crippen LogP contribution is -2.39. The molecule has 144 valence electrons. The van der Waals surface area contributed by atoms with Crippen LogP contribution in [0.2, 0.25) is 0 Å². The zero-order valence-electron chi connectivity index (χ0n) is 15.5. The van der Waals surface area contributed by atoms with Crippen LogP contribution in [0.4, 0.5) is 10.5 Å². The molecule has 1 fully saturated rings. The molecule has 0 aliphatic carbocycles. The fourth-order valence-corrected chi connectivity index (χ4v) is 3.62. The molecule has 3 rings (SSSR count). The second kappa shape index (κ2) is 9.23. The van der Waals surface area contributed by atoms with Crippen LogP contribution in [0.25, 0.3) is 6.08 Å². The molecule has 1 aliphatic heterocycles. The van der Waals surface area contributed by atoms with Gasteiger partial charge in [-0.3, -0.25) is 29.7 Å². The predicted molar refractivity (Wildman–Crippen MR) is 111 cm³/mol. The largest absolute Gasteiger partial charge is 0.293 e. The highest BCUT2D eigenvalue weighted by Crippen LogP contribution is 2.32. The lowest BCUT2D eigenvalue weighted by Gasteiger charge is -2.20. The standard InChI is InChI=1S/C21H21N3O3S/c1-23(17-11-6-3-7-12-17)22-19(25)13-8-14-24-20(26)18(28-21(24)27)15-16-9-4-2-5-10-16/h2-7,9-12,15H,8,13-14H2,1H3,(H,22,25)/b18-15-. The van der Waals surface area contributed by atoms with Gasteiger partial charge >= 0.3 is 0 Å². The highest BCUT2D eigenvalue weighted by Gasteiger charge is 2.34. The number of amides is 3. The number of nitrogens with zero attached hydrogens (tertiary/aromatic N) is 2. The van der Waals surface area contributed by atoms with E-state index >= 15 is 0 Å². The number of benzene rings is 2. The van der Waals surface area contributed by atoms with E-state index in [2.05, 4.69) is 5.43 Å². The number of rotatable bonds is 7. The molecule has 1 saturated heterocycles. The first-order chi connectivity index (χ1) is 13.5. The van der Waals surface area contributed by atoms with Crippen LogP contribution in [0.15, 0.2) is 65.6 Å². The number of imide groups is 1. The van der Waals surface area contributed by atoms with Crippen LogP contribution >= 0.6 is 11.8 Å². The van der Waals surface area contributed by atoms with Crippen molar-refractivity contribution in [1.82, 2.24) is 10.3 Å². The number of thioether (sulfide) groups is 1. The first kappa shape index (κ1) is 19.7. The Bertz CT molecular complexity index is 884. The summed E-state index contributed by atoms with van der Waals surface area (Å²) >= 11 is 0.933. The molecular formula is C21H21N3O3S. The highest BCUT2D eigenvalue weighted by atomic mass is 32.2. The summed E-state index contributed by atoms with van der Waals surface area (Å²) in [4.78, 5) is 38.3. The average molecular weight is 395 g/mol. The van der Waals surface area contributed by atoms with Crippen molar-refractivity contribution in [2.75, 3.05) is 18.6 Å². The van der Waals surface area contributed by atoms with Gasteiger partial charge in [-0.2, -0.15) is 0 Å². The molecule has 0 radical (unpaired) electrons. The number of carbonyl (C=O) groups excluding carboxylic acids is 3. The summed E-state index contributed by atoms with van der Waals surface area (Å²) in [5, 5.41) is 1.35. The van der Waals surface area contributed by atoms with E-state index in [1.54, 1.807) is 18.1 Å². The van der Waals surface area contributed by atoms with Gasteiger partial charge in [0.05, 0.1) is 10.6 Å². The average Bonchev–Trinajstić information content (AvgIpc) is 2.96. The van der Waals surface area contributed by atoms with E-state index in [0.717, 1.165) is 23.0 Å². The van der Waals surface area contributed by atoms with Gasteiger partial charge in [0.25, 0.3) is 11.1 Å². The third kappa shape index (κ3) is 5.01. The fraction of sp³-hybridized carbons (Fsp3) is 0.190. The van der Waals surface area contributed by atoms with Gasteiger partial charge in [0.2, 0.25) is 5.91 Å². The van der Waals surface area contributed by atoms with Gasteiger partial charge in [-0.1, -0.05) is 48.5 Å². The number of para-hydroxylation sites is 1. The zero-order valence-corrected chi connectivity index (χ0v) is 16.3. The van der Waals surface area contributed by atoms with Crippen molar-refractivity contribution in [2.45, 2.75) is 12.8 Å². The number of nitrogens with one attached hydrogen (secondary N) is 1. The van der Waals surface area contributed by atoms with Crippen LogP contribution in [0, 0.1) is 0 Å². The topological polar surface area (TPSA) is 69.7 Å². The molecule has 0 aromatic heterocycles. The fourth-order valence-electron chi connectivity index (χ4n) is 2.75.